The molecule has 0 spiro atoms. The maximum Gasteiger partial charge on any atom is 0.359 e. The summed E-state index contributed by atoms with van der Waals surface area (Å²) in [6.07, 6.45) is 0. The Morgan fingerprint density at radius 1 is 0.938 bits per heavy atom. The second kappa shape index (κ2) is 9.30. The summed E-state index contributed by atoms with van der Waals surface area (Å²) in [7, 11) is 0. The number of nitrogens with zero attached hydrogens (tertiary/aromatic N) is 1. The number of fused-ring (bicyclic) bond motifs is 1. The SMILES string of the molecule is CCOC(=O)c1n[nH]c2cc(-c3cccc(NC(=O)Nc4ccc(Cl)c(Cl)c4)c3)ccc12. The van der Waals surface area contributed by atoms with E-state index in [0.717, 1.165) is 11.1 Å². The van der Waals surface area contributed by atoms with E-state index in [0.29, 0.717) is 32.3 Å². The minimum absolute atomic E-state index is 0.253. The molecule has 0 saturated carbocycles. The minimum Gasteiger partial charge on any atom is -0.461 e. The Hall–Kier alpha value is -3.55. The predicted molar refractivity (Wildman–Crippen MR) is 127 cm³/mol. The van der Waals surface area contributed by atoms with Crippen LogP contribution in [0.2, 0.25) is 10.0 Å². The third-order valence-electron chi connectivity index (χ3n) is 4.66. The number of benzene rings is 3. The monoisotopic (exact) mass is 468 g/mol. The molecule has 32 heavy (non-hydrogen) atoms. The maximum absolute atomic E-state index is 12.4. The third-order valence-corrected chi connectivity index (χ3v) is 5.40. The molecule has 9 heteroatoms. The molecule has 0 saturated heterocycles. The van der Waals surface area contributed by atoms with E-state index in [9.17, 15) is 9.59 Å². The van der Waals surface area contributed by atoms with Crippen molar-refractivity contribution in [3.8, 4) is 11.1 Å². The van der Waals surface area contributed by atoms with Gasteiger partial charge >= 0.3 is 12.0 Å². The fourth-order valence-electron chi connectivity index (χ4n) is 3.20. The number of aromatic nitrogens is 2. The minimum atomic E-state index is -0.467. The zero-order valence-corrected chi connectivity index (χ0v) is 18.4. The molecule has 0 radical (unpaired) electrons. The number of amides is 2. The molecular formula is C23H18Cl2N4O3. The Bertz CT molecular complexity index is 1320. The van der Waals surface area contributed by atoms with Gasteiger partial charge in [-0.05, 0) is 60.5 Å². The molecule has 0 unspecified atom stereocenters. The van der Waals surface area contributed by atoms with Crippen molar-refractivity contribution in [2.75, 3.05) is 17.2 Å². The lowest BCUT2D eigenvalue weighted by Gasteiger charge is -2.10. The first-order chi connectivity index (χ1) is 15.4. The van der Waals surface area contributed by atoms with Crippen molar-refractivity contribution < 1.29 is 14.3 Å². The van der Waals surface area contributed by atoms with Crippen LogP contribution in [0.4, 0.5) is 16.2 Å². The average Bonchev–Trinajstić information content (AvgIpc) is 3.20. The van der Waals surface area contributed by atoms with Gasteiger partial charge in [-0.1, -0.05) is 41.4 Å². The van der Waals surface area contributed by atoms with Gasteiger partial charge in [-0.2, -0.15) is 5.10 Å². The summed E-state index contributed by atoms with van der Waals surface area (Å²) in [5.74, 6) is -0.467. The number of urea groups is 1. The fraction of sp³-hybridized carbons (Fsp3) is 0.0870. The van der Waals surface area contributed by atoms with Gasteiger partial charge in [0, 0.05) is 16.8 Å². The van der Waals surface area contributed by atoms with E-state index in [-0.39, 0.29) is 12.3 Å². The molecule has 0 aliphatic heterocycles. The number of nitrogens with one attached hydrogen (secondary N) is 3. The summed E-state index contributed by atoms with van der Waals surface area (Å²) in [5.41, 5.74) is 3.87. The zero-order valence-electron chi connectivity index (χ0n) is 16.9. The summed E-state index contributed by atoms with van der Waals surface area (Å²) in [6.45, 7) is 2.03. The topological polar surface area (TPSA) is 96.1 Å². The van der Waals surface area contributed by atoms with Gasteiger partial charge in [0.05, 0.1) is 22.2 Å². The van der Waals surface area contributed by atoms with Crippen LogP contribution in [0, 0.1) is 0 Å². The first kappa shape index (κ1) is 21.7. The number of aromatic amines is 1. The van der Waals surface area contributed by atoms with E-state index in [1.807, 2.05) is 36.4 Å². The molecular weight excluding hydrogens is 451 g/mol. The molecule has 162 valence electrons. The zero-order chi connectivity index (χ0) is 22.7. The number of H-pyrrole nitrogens is 1. The van der Waals surface area contributed by atoms with Gasteiger partial charge in [0.15, 0.2) is 5.69 Å². The van der Waals surface area contributed by atoms with Gasteiger partial charge in [0.1, 0.15) is 0 Å². The van der Waals surface area contributed by atoms with E-state index in [2.05, 4.69) is 20.8 Å². The Morgan fingerprint density at radius 2 is 1.69 bits per heavy atom. The molecule has 7 nitrogen and oxygen atoms in total. The first-order valence-corrected chi connectivity index (χ1v) is 10.5. The molecule has 3 N–H and O–H groups in total. The molecule has 3 aromatic carbocycles. The van der Waals surface area contributed by atoms with Crippen LogP contribution < -0.4 is 10.6 Å². The lowest BCUT2D eigenvalue weighted by atomic mass is 10.0. The molecule has 2 amide bonds. The highest BCUT2D eigenvalue weighted by atomic mass is 35.5. The van der Waals surface area contributed by atoms with E-state index in [4.69, 9.17) is 27.9 Å². The van der Waals surface area contributed by atoms with Crippen LogP contribution >= 0.6 is 23.2 Å². The average molecular weight is 469 g/mol. The van der Waals surface area contributed by atoms with Crippen molar-refractivity contribution in [1.82, 2.24) is 10.2 Å². The second-order valence-corrected chi connectivity index (χ2v) is 7.66. The van der Waals surface area contributed by atoms with E-state index in [1.54, 1.807) is 31.2 Å². The third kappa shape index (κ3) is 4.69. The molecule has 0 aliphatic carbocycles. The van der Waals surface area contributed by atoms with Crippen LogP contribution in [-0.2, 0) is 4.74 Å². The van der Waals surface area contributed by atoms with Gasteiger partial charge in [0.25, 0.3) is 0 Å². The van der Waals surface area contributed by atoms with E-state index >= 15 is 0 Å². The number of hydrogen-bond acceptors (Lipinski definition) is 4. The number of esters is 1. The molecule has 0 aliphatic rings. The van der Waals surface area contributed by atoms with Crippen LogP contribution in [0.5, 0.6) is 0 Å². The van der Waals surface area contributed by atoms with Crippen LogP contribution in [0.3, 0.4) is 0 Å². The van der Waals surface area contributed by atoms with Crippen molar-refractivity contribution in [2.45, 2.75) is 6.92 Å². The van der Waals surface area contributed by atoms with Crippen LogP contribution in [0.15, 0.2) is 60.7 Å². The molecule has 1 aromatic heterocycles. The molecule has 0 bridgehead atoms. The van der Waals surface area contributed by atoms with Crippen molar-refractivity contribution >= 4 is 57.5 Å². The number of ether oxygens (including phenoxy) is 1. The standard InChI is InChI=1S/C23H18Cl2N4O3/c1-2-32-22(30)21-17-8-6-14(11-20(17)28-29-21)13-4-3-5-15(10-13)26-23(31)27-16-7-9-18(24)19(25)12-16/h3-12H,2H2,1H3,(H,28,29)(H2,26,27,31). The Morgan fingerprint density at radius 3 is 2.44 bits per heavy atom. The maximum atomic E-state index is 12.4. The highest BCUT2D eigenvalue weighted by Gasteiger charge is 2.15. The normalized spacial score (nSPS) is 10.7. The number of anilines is 2. The fourth-order valence-corrected chi connectivity index (χ4v) is 3.50. The lowest BCUT2D eigenvalue weighted by molar-refractivity contribution is 0.0521. The van der Waals surface area contributed by atoms with Crippen molar-refractivity contribution in [3.63, 3.8) is 0 Å². The first-order valence-electron chi connectivity index (χ1n) is 9.73. The summed E-state index contributed by atoms with van der Waals surface area (Å²) in [5, 5.41) is 13.9. The van der Waals surface area contributed by atoms with Crippen LogP contribution in [0.1, 0.15) is 17.4 Å². The van der Waals surface area contributed by atoms with Gasteiger partial charge in [-0.15, -0.1) is 0 Å². The van der Waals surface area contributed by atoms with Gasteiger partial charge in [-0.3, -0.25) is 5.10 Å². The summed E-state index contributed by atoms with van der Waals surface area (Å²) >= 11 is 11.9. The number of rotatable bonds is 5. The van der Waals surface area contributed by atoms with Crippen molar-refractivity contribution in [2.24, 2.45) is 0 Å². The molecule has 0 fully saturated rings. The highest BCUT2D eigenvalue weighted by Crippen LogP contribution is 2.28. The summed E-state index contributed by atoms with van der Waals surface area (Å²) < 4.78 is 5.04. The van der Waals surface area contributed by atoms with Gasteiger partial charge in [0.2, 0.25) is 0 Å². The lowest BCUT2D eigenvalue weighted by Crippen LogP contribution is -2.19. The second-order valence-electron chi connectivity index (χ2n) is 6.84. The molecule has 0 atom stereocenters. The van der Waals surface area contributed by atoms with E-state index in [1.165, 1.54) is 0 Å². The van der Waals surface area contributed by atoms with Crippen molar-refractivity contribution in [3.05, 3.63) is 76.4 Å². The summed E-state index contributed by atoms with van der Waals surface area (Å²) in [6, 6.07) is 17.4. The van der Waals surface area contributed by atoms with Crippen LogP contribution in [-0.4, -0.2) is 28.8 Å². The number of halogens is 2. The summed E-state index contributed by atoms with van der Waals surface area (Å²) in [4.78, 5) is 24.4. The molecule has 1 heterocycles. The smallest absolute Gasteiger partial charge is 0.359 e. The predicted octanol–water partition coefficient (Wildman–Crippen LogP) is 6.36. The van der Waals surface area contributed by atoms with Gasteiger partial charge in [-0.25, -0.2) is 9.59 Å². The Kier molecular flexibility index (Phi) is 6.30. The Labute approximate surface area is 193 Å². The molecule has 4 aromatic rings. The van der Waals surface area contributed by atoms with Crippen LogP contribution in [0.25, 0.3) is 22.0 Å². The number of carbonyl (C=O) groups is 2. The van der Waals surface area contributed by atoms with Crippen molar-refractivity contribution in [1.29, 1.82) is 0 Å². The number of carbonyl (C=O) groups excluding carboxylic acids is 2. The van der Waals surface area contributed by atoms with E-state index < -0.39 is 12.0 Å². The Balaban J connectivity index is 1.52. The largest absolute Gasteiger partial charge is 0.461 e. The van der Waals surface area contributed by atoms with Gasteiger partial charge < -0.3 is 15.4 Å². The number of hydrogen-bond donors (Lipinski definition) is 3. The molecule has 4 rings (SSSR count). The quantitative estimate of drug-likeness (QED) is 0.297. The highest BCUT2D eigenvalue weighted by molar-refractivity contribution is 6.42.